The van der Waals surface area contributed by atoms with Crippen molar-refractivity contribution in [2.75, 3.05) is 19.7 Å². The van der Waals surface area contributed by atoms with Crippen LogP contribution in [0.2, 0.25) is 0 Å². The zero-order chi connectivity index (χ0) is 8.70. The first-order valence-corrected chi connectivity index (χ1v) is 2.27. The van der Waals surface area contributed by atoms with Crippen molar-refractivity contribution in [3.05, 3.63) is 0 Å². The van der Waals surface area contributed by atoms with Crippen LogP contribution in [0.3, 0.4) is 0 Å². The third kappa shape index (κ3) is 1.45. The fourth-order valence-corrected chi connectivity index (χ4v) is 0.397. The zero-order valence-electron chi connectivity index (χ0n) is 8.19. The summed E-state index contributed by atoms with van der Waals surface area (Å²) in [5, 5.41) is 2.48. The topological polar surface area (TPSA) is 21.3 Å². The Kier molecular flexibility index (Phi) is 0.664. The molecule has 1 fully saturated rings. The van der Waals surface area contributed by atoms with Crippen molar-refractivity contribution in [2.24, 2.45) is 0 Å². The molecule has 2 heteroatoms. The van der Waals surface area contributed by atoms with Gasteiger partial charge in [0.15, 0.2) is 0 Å². The van der Waals surface area contributed by atoms with Gasteiger partial charge in [-0.2, -0.15) is 0 Å². The first-order chi connectivity index (χ1) is 4.85. The van der Waals surface area contributed by atoms with Crippen LogP contribution in [0.5, 0.6) is 0 Å². The first-order valence-electron chi connectivity index (χ1n) is 4.27. The summed E-state index contributed by atoms with van der Waals surface area (Å²) in [5.74, 6) is 0. The molecule has 1 aliphatic heterocycles. The zero-order valence-corrected chi connectivity index (χ0v) is 4.19. The van der Waals surface area contributed by atoms with E-state index in [4.69, 9.17) is 5.48 Å². The molecule has 0 aromatic carbocycles. The van der Waals surface area contributed by atoms with Crippen molar-refractivity contribution in [1.82, 2.24) is 5.32 Å². The molecule has 0 amide bonds. The standard InChI is InChI=1S/C5H11NO/c1-5-4-7-3-2-6-5/h5-6H,2-4H2,1H3/i2D2,3D2. The van der Waals surface area contributed by atoms with E-state index < -0.39 is 13.1 Å². The quantitative estimate of drug-likeness (QED) is 0.468. The summed E-state index contributed by atoms with van der Waals surface area (Å²) < 4.78 is 33.4. The summed E-state index contributed by atoms with van der Waals surface area (Å²) in [6.07, 6.45) is 0. The third-order valence-electron chi connectivity index (χ3n) is 0.775. The van der Waals surface area contributed by atoms with Crippen LogP contribution in [0.1, 0.15) is 12.4 Å². The molecule has 1 rings (SSSR count). The molecule has 1 heterocycles. The van der Waals surface area contributed by atoms with E-state index in [1.807, 2.05) is 0 Å². The molecule has 7 heavy (non-hydrogen) atoms. The number of hydrogen-bond donors (Lipinski definition) is 1. The number of nitrogens with one attached hydrogen (secondary N) is 1. The molecule has 0 aliphatic carbocycles. The third-order valence-corrected chi connectivity index (χ3v) is 0.775. The highest BCUT2D eigenvalue weighted by atomic mass is 16.5. The number of morpholine rings is 1. The molecule has 0 spiro atoms. The van der Waals surface area contributed by atoms with Crippen LogP contribution in [-0.2, 0) is 4.74 Å². The van der Waals surface area contributed by atoms with Crippen molar-refractivity contribution < 1.29 is 10.2 Å². The minimum absolute atomic E-state index is 0.145. The van der Waals surface area contributed by atoms with Crippen LogP contribution in [0.15, 0.2) is 0 Å². The van der Waals surface area contributed by atoms with Gasteiger partial charge >= 0.3 is 0 Å². The number of rotatable bonds is 0. The highest BCUT2D eigenvalue weighted by molar-refractivity contribution is 4.62. The molecule has 1 saturated heterocycles. The lowest BCUT2D eigenvalue weighted by Crippen LogP contribution is -2.38. The van der Waals surface area contributed by atoms with E-state index in [0.29, 0.717) is 0 Å². The molecule has 0 saturated carbocycles. The van der Waals surface area contributed by atoms with E-state index in [9.17, 15) is 0 Å². The van der Waals surface area contributed by atoms with E-state index in [1.54, 1.807) is 6.92 Å². The van der Waals surface area contributed by atoms with E-state index in [2.05, 4.69) is 10.1 Å². The maximum atomic E-state index is 7.21. The molecule has 2 nitrogen and oxygen atoms in total. The van der Waals surface area contributed by atoms with Gasteiger partial charge in [-0.3, -0.25) is 0 Å². The van der Waals surface area contributed by atoms with Gasteiger partial charge in [-0.1, -0.05) is 0 Å². The predicted octanol–water partition coefficient (Wildman–Crippen LogP) is -0.00530. The fourth-order valence-electron chi connectivity index (χ4n) is 0.397. The van der Waals surface area contributed by atoms with Crippen LogP contribution in [-0.4, -0.2) is 25.7 Å². The molecule has 1 aliphatic rings. The van der Waals surface area contributed by atoms with Gasteiger partial charge in [-0.15, -0.1) is 0 Å². The van der Waals surface area contributed by atoms with Gasteiger partial charge in [0.05, 0.1) is 15.9 Å². The highest BCUT2D eigenvalue weighted by Crippen LogP contribution is 1.88. The Morgan fingerprint density at radius 1 is 2.00 bits per heavy atom. The summed E-state index contributed by atoms with van der Waals surface area (Å²) in [6, 6.07) is -0.145. The van der Waals surface area contributed by atoms with Crippen LogP contribution < -0.4 is 5.32 Å². The molecule has 1 unspecified atom stereocenters. The summed E-state index contributed by atoms with van der Waals surface area (Å²) >= 11 is 0. The minimum atomic E-state index is -2.22. The van der Waals surface area contributed by atoms with E-state index in [-0.39, 0.29) is 12.6 Å². The van der Waals surface area contributed by atoms with E-state index >= 15 is 0 Å². The van der Waals surface area contributed by atoms with Gasteiger partial charge in [0, 0.05) is 15.3 Å². The van der Waals surface area contributed by atoms with Crippen molar-refractivity contribution in [3.63, 3.8) is 0 Å². The van der Waals surface area contributed by atoms with Crippen LogP contribution >= 0.6 is 0 Å². The number of ether oxygens (including phenoxy) is 1. The Bertz CT molecular complexity index is 161. The van der Waals surface area contributed by atoms with Crippen LogP contribution in [0.4, 0.5) is 0 Å². The van der Waals surface area contributed by atoms with E-state index in [0.717, 1.165) is 0 Å². The van der Waals surface area contributed by atoms with Crippen molar-refractivity contribution >= 4 is 0 Å². The maximum absolute atomic E-state index is 7.21. The lowest BCUT2D eigenvalue weighted by Gasteiger charge is -2.19. The smallest absolute Gasteiger partial charge is 0.0617 e. The maximum Gasteiger partial charge on any atom is 0.0617 e. The summed E-state index contributed by atoms with van der Waals surface area (Å²) in [7, 11) is 0. The first kappa shape index (κ1) is 2.03. The van der Waals surface area contributed by atoms with Crippen LogP contribution in [0.25, 0.3) is 0 Å². The molecule has 1 N–H and O–H groups in total. The summed E-state index contributed by atoms with van der Waals surface area (Å²) in [6.45, 7) is -2.37. The van der Waals surface area contributed by atoms with Crippen molar-refractivity contribution in [3.8, 4) is 0 Å². The average Bonchev–Trinajstić information content (AvgIpc) is 1.80. The largest absolute Gasteiger partial charge is 0.379 e. The normalized spacial score (nSPS) is 55.9. The molecular weight excluding hydrogens is 90.1 g/mol. The SMILES string of the molecule is [2H]C1([2H])NC(C)COC1([2H])[2H]. The monoisotopic (exact) mass is 105 g/mol. The fraction of sp³-hybridized carbons (Fsp3) is 1.00. The van der Waals surface area contributed by atoms with Gasteiger partial charge < -0.3 is 10.1 Å². The predicted molar refractivity (Wildman–Crippen MR) is 28.3 cm³/mol. The van der Waals surface area contributed by atoms with Gasteiger partial charge in [0.1, 0.15) is 0 Å². The van der Waals surface area contributed by atoms with Crippen molar-refractivity contribution in [1.29, 1.82) is 0 Å². The molecule has 1 atom stereocenters. The Morgan fingerprint density at radius 2 is 2.86 bits per heavy atom. The molecule has 0 aromatic heterocycles. The lowest BCUT2D eigenvalue weighted by atomic mass is 10.3. The lowest BCUT2D eigenvalue weighted by molar-refractivity contribution is 0.0824. The molecule has 0 aromatic rings. The molecule has 0 radical (unpaired) electrons. The minimum Gasteiger partial charge on any atom is -0.379 e. The van der Waals surface area contributed by atoms with Gasteiger partial charge in [-0.05, 0) is 6.92 Å². The number of hydrogen-bond acceptors (Lipinski definition) is 2. The molecule has 42 valence electrons. The molecule has 0 bridgehead atoms. The Balaban J connectivity index is 2.72. The van der Waals surface area contributed by atoms with Crippen LogP contribution in [0, 0.1) is 0 Å². The van der Waals surface area contributed by atoms with Crippen molar-refractivity contribution in [2.45, 2.75) is 13.0 Å². The second kappa shape index (κ2) is 2.28. The Morgan fingerprint density at radius 3 is 3.43 bits per heavy atom. The Labute approximate surface area is 49.5 Å². The average molecular weight is 105 g/mol. The molecular formula is C5H11NO. The van der Waals surface area contributed by atoms with E-state index in [1.165, 1.54) is 0 Å². The van der Waals surface area contributed by atoms with Gasteiger partial charge in [0.25, 0.3) is 0 Å². The summed E-state index contributed by atoms with van der Waals surface area (Å²) in [5.41, 5.74) is 0. The highest BCUT2D eigenvalue weighted by Gasteiger charge is 2.04. The summed E-state index contributed by atoms with van der Waals surface area (Å²) in [4.78, 5) is 0. The van der Waals surface area contributed by atoms with Gasteiger partial charge in [0.2, 0.25) is 0 Å². The second-order valence-corrected chi connectivity index (χ2v) is 1.58. The van der Waals surface area contributed by atoms with Gasteiger partial charge in [-0.25, -0.2) is 0 Å². The Hall–Kier alpha value is -0.0800. The second-order valence-electron chi connectivity index (χ2n) is 1.58.